The van der Waals surface area contributed by atoms with Gasteiger partial charge in [-0.05, 0) is 12.1 Å². The molecule has 0 aliphatic carbocycles. The minimum absolute atomic E-state index is 0.198. The molecule has 1 aromatic rings. The second kappa shape index (κ2) is 3.65. The Bertz CT molecular complexity index is 371. The molecule has 2 heterocycles. The topological polar surface area (TPSA) is 34.2 Å². The quantitative estimate of drug-likeness (QED) is 0.671. The van der Waals surface area contributed by atoms with E-state index < -0.39 is 19.2 Å². The van der Waals surface area contributed by atoms with Crippen LogP contribution in [0.4, 0.5) is 0 Å². The molecule has 12 heavy (non-hydrogen) atoms. The lowest BCUT2D eigenvalue weighted by Gasteiger charge is -2.22. The Morgan fingerprint density at radius 1 is 1.67 bits per heavy atom. The third-order valence-electron chi connectivity index (χ3n) is 1.65. The van der Waals surface area contributed by atoms with E-state index in [1.807, 2.05) is 0 Å². The molecule has 3 heteroatoms. The second-order valence-electron chi connectivity index (χ2n) is 2.47. The van der Waals surface area contributed by atoms with Crippen molar-refractivity contribution in [3.8, 4) is 0 Å². The number of pyridine rings is 1. The fourth-order valence-electron chi connectivity index (χ4n) is 1.05. The zero-order chi connectivity index (χ0) is 11.8. The maximum Gasteiger partial charge on any atom is 0.112 e. The first-order chi connectivity index (χ1) is 7.42. The van der Waals surface area contributed by atoms with Gasteiger partial charge in [0.15, 0.2) is 0 Å². The van der Waals surface area contributed by atoms with Crippen LogP contribution in [0.25, 0.3) is 0 Å². The van der Waals surface area contributed by atoms with E-state index in [9.17, 15) is 0 Å². The highest BCUT2D eigenvalue weighted by atomic mass is 16.5. The highest BCUT2D eigenvalue weighted by molar-refractivity contribution is 5.07. The summed E-state index contributed by atoms with van der Waals surface area (Å²) in [6, 6.07) is 5.27. The third-order valence-corrected chi connectivity index (χ3v) is 1.65. The SMILES string of the molecule is [2H]C1([2H])NC[C@H](c2ccccn2)OC1([2H])[2H]. The van der Waals surface area contributed by atoms with Crippen LogP contribution in [-0.4, -0.2) is 24.6 Å². The van der Waals surface area contributed by atoms with Crippen molar-refractivity contribution < 1.29 is 10.2 Å². The highest BCUT2D eigenvalue weighted by Crippen LogP contribution is 2.14. The molecule has 1 fully saturated rings. The summed E-state index contributed by atoms with van der Waals surface area (Å²) >= 11 is 0. The number of aromatic nitrogens is 1. The zero-order valence-electron chi connectivity index (χ0n) is 10.4. The molecule has 0 radical (unpaired) electrons. The lowest BCUT2D eigenvalue weighted by molar-refractivity contribution is 0.0250. The van der Waals surface area contributed by atoms with Crippen LogP contribution in [-0.2, 0) is 4.74 Å². The van der Waals surface area contributed by atoms with Crippen molar-refractivity contribution in [2.24, 2.45) is 0 Å². The minimum atomic E-state index is -2.37. The van der Waals surface area contributed by atoms with Crippen LogP contribution >= 0.6 is 0 Å². The summed E-state index contributed by atoms with van der Waals surface area (Å²) in [7, 11) is 0. The van der Waals surface area contributed by atoms with Crippen LogP contribution in [0, 0.1) is 0 Å². The Labute approximate surface area is 77.4 Å². The number of nitrogens with one attached hydrogen (secondary N) is 1. The van der Waals surface area contributed by atoms with Gasteiger partial charge >= 0.3 is 0 Å². The molecule has 1 aliphatic rings. The highest BCUT2D eigenvalue weighted by Gasteiger charge is 2.15. The zero-order valence-corrected chi connectivity index (χ0v) is 6.45. The summed E-state index contributed by atoms with van der Waals surface area (Å²) in [6.07, 6.45) is 1.03. The van der Waals surface area contributed by atoms with Crippen molar-refractivity contribution in [2.75, 3.05) is 19.6 Å². The van der Waals surface area contributed by atoms with Crippen LogP contribution in [0.1, 0.15) is 17.3 Å². The van der Waals surface area contributed by atoms with Crippen LogP contribution in [0.5, 0.6) is 0 Å². The third kappa shape index (κ3) is 1.62. The average Bonchev–Trinajstić information content (AvgIpc) is 2.23. The minimum Gasteiger partial charge on any atom is -0.369 e. The molecule has 1 atom stereocenters. The van der Waals surface area contributed by atoms with E-state index in [0.717, 1.165) is 0 Å². The molecule has 1 aromatic heterocycles. The van der Waals surface area contributed by atoms with Gasteiger partial charge < -0.3 is 10.1 Å². The first kappa shape index (κ1) is 4.35. The van der Waals surface area contributed by atoms with Gasteiger partial charge in [0.25, 0.3) is 0 Å². The van der Waals surface area contributed by atoms with Gasteiger partial charge in [-0.1, -0.05) is 6.07 Å². The summed E-state index contributed by atoms with van der Waals surface area (Å²) in [5.41, 5.74) is 0.592. The number of hydrogen-bond donors (Lipinski definition) is 1. The van der Waals surface area contributed by atoms with Crippen molar-refractivity contribution >= 4 is 0 Å². The standard InChI is InChI=1S/C9H12N2O/c1-2-4-11-8(3-1)9-7-10-5-6-12-9/h1-4,9-10H,5-7H2/t9-/m1/s1/i5D2,6D2. The summed E-state index contributed by atoms with van der Waals surface area (Å²) in [6.45, 7) is -4.35. The van der Waals surface area contributed by atoms with Gasteiger partial charge in [-0.3, -0.25) is 4.98 Å². The van der Waals surface area contributed by atoms with Gasteiger partial charge in [0.2, 0.25) is 0 Å². The number of nitrogens with zero attached hydrogens (tertiary/aromatic N) is 1. The normalized spacial score (nSPS) is 37.2. The molecule has 0 bridgehead atoms. The lowest BCUT2D eigenvalue weighted by atomic mass is 10.2. The van der Waals surface area contributed by atoms with Crippen LogP contribution in [0.15, 0.2) is 24.4 Å². The van der Waals surface area contributed by atoms with Gasteiger partial charge in [0.05, 0.1) is 15.0 Å². The molecule has 64 valence electrons. The van der Waals surface area contributed by atoms with E-state index in [-0.39, 0.29) is 6.54 Å². The van der Waals surface area contributed by atoms with E-state index in [0.29, 0.717) is 5.69 Å². The Balaban J connectivity index is 2.18. The van der Waals surface area contributed by atoms with Gasteiger partial charge in [0, 0.05) is 22.0 Å². The number of rotatable bonds is 1. The molecule has 3 nitrogen and oxygen atoms in total. The summed E-state index contributed by atoms with van der Waals surface area (Å²) in [5.74, 6) is 0. The van der Waals surface area contributed by atoms with Crippen molar-refractivity contribution in [2.45, 2.75) is 6.10 Å². The smallest absolute Gasteiger partial charge is 0.112 e. The van der Waals surface area contributed by atoms with E-state index >= 15 is 0 Å². The maximum absolute atomic E-state index is 7.49. The Hall–Kier alpha value is -0.930. The molecule has 1 N–H and O–H groups in total. The summed E-state index contributed by atoms with van der Waals surface area (Å²) < 4.78 is 34.9. The van der Waals surface area contributed by atoms with Gasteiger partial charge in [-0.15, -0.1) is 0 Å². The monoisotopic (exact) mass is 168 g/mol. The molecule has 0 spiro atoms. The van der Waals surface area contributed by atoms with Crippen LogP contribution in [0.2, 0.25) is 0 Å². The van der Waals surface area contributed by atoms with Gasteiger partial charge in [0.1, 0.15) is 6.10 Å². The largest absolute Gasteiger partial charge is 0.369 e. The summed E-state index contributed by atoms with van der Waals surface area (Å²) in [5, 5.41) is 2.49. The fraction of sp³-hybridized carbons (Fsp3) is 0.444. The van der Waals surface area contributed by atoms with Crippen LogP contribution < -0.4 is 5.32 Å². The van der Waals surface area contributed by atoms with E-state index in [4.69, 9.17) is 10.2 Å². The molecule has 1 aliphatic heterocycles. The first-order valence-electron chi connectivity index (χ1n) is 5.76. The van der Waals surface area contributed by atoms with E-state index in [2.05, 4.69) is 10.3 Å². The number of ether oxygens (including phenoxy) is 1. The molecule has 1 saturated heterocycles. The number of hydrogen-bond acceptors (Lipinski definition) is 3. The van der Waals surface area contributed by atoms with Gasteiger partial charge in [-0.25, -0.2) is 0 Å². The predicted molar refractivity (Wildman–Crippen MR) is 45.8 cm³/mol. The first-order valence-corrected chi connectivity index (χ1v) is 3.76. The summed E-state index contributed by atoms with van der Waals surface area (Å²) in [4.78, 5) is 4.06. The molecule has 0 saturated carbocycles. The molecular formula is C9H12N2O. The van der Waals surface area contributed by atoms with Crippen molar-refractivity contribution in [1.82, 2.24) is 10.3 Å². The molecule has 0 aromatic carbocycles. The second-order valence-corrected chi connectivity index (χ2v) is 2.47. The van der Waals surface area contributed by atoms with Crippen LogP contribution in [0.3, 0.4) is 0 Å². The molecule has 0 amide bonds. The van der Waals surface area contributed by atoms with Gasteiger partial charge in [-0.2, -0.15) is 0 Å². The van der Waals surface area contributed by atoms with Crippen molar-refractivity contribution in [3.05, 3.63) is 30.1 Å². The van der Waals surface area contributed by atoms with E-state index in [1.54, 1.807) is 24.4 Å². The predicted octanol–water partition coefficient (Wildman–Crippen LogP) is 0.742. The Kier molecular flexibility index (Phi) is 1.32. The molecule has 0 unspecified atom stereocenters. The fourth-order valence-corrected chi connectivity index (χ4v) is 1.05. The Morgan fingerprint density at radius 3 is 3.42 bits per heavy atom. The number of morpholine rings is 1. The Morgan fingerprint density at radius 2 is 2.67 bits per heavy atom. The average molecular weight is 168 g/mol. The maximum atomic E-state index is 7.49. The molecule has 2 rings (SSSR count). The molecular weight excluding hydrogens is 152 g/mol. The van der Waals surface area contributed by atoms with Crippen molar-refractivity contribution in [1.29, 1.82) is 0 Å². The lowest BCUT2D eigenvalue weighted by Crippen LogP contribution is -2.33. The van der Waals surface area contributed by atoms with Crippen molar-refractivity contribution in [3.63, 3.8) is 0 Å². The van der Waals surface area contributed by atoms with E-state index in [1.165, 1.54) is 0 Å².